The summed E-state index contributed by atoms with van der Waals surface area (Å²) in [7, 11) is 0. The number of benzene rings is 2. The summed E-state index contributed by atoms with van der Waals surface area (Å²) in [4.78, 5) is 41.0. The number of nitro benzene ring substituents is 1. The van der Waals surface area contributed by atoms with Crippen LogP contribution in [0.25, 0.3) is 5.57 Å². The number of hydrogen-bond donors (Lipinski definition) is 0. The van der Waals surface area contributed by atoms with E-state index in [9.17, 15) is 19.7 Å². The summed E-state index contributed by atoms with van der Waals surface area (Å²) in [6, 6.07) is 13.1. The molecular formula is C24H25N3O4. The Kier molecular flexibility index (Phi) is 5.35. The van der Waals surface area contributed by atoms with E-state index in [2.05, 4.69) is 13.8 Å². The van der Waals surface area contributed by atoms with Crippen LogP contribution in [0.5, 0.6) is 0 Å². The molecule has 0 saturated carbocycles. The van der Waals surface area contributed by atoms with Gasteiger partial charge in [-0.15, -0.1) is 0 Å². The normalized spacial score (nSPS) is 21.8. The molecule has 0 aliphatic carbocycles. The first-order valence-corrected chi connectivity index (χ1v) is 10.5. The molecule has 0 radical (unpaired) electrons. The lowest BCUT2D eigenvalue weighted by Gasteiger charge is -2.37. The SMILES string of the molecule is Cc1cccc(N2C(=O)C(c3ccc([N+](=O)[O-])cc3)=C(N3CC(C)CC(C)C3)C2=O)c1. The van der Waals surface area contributed by atoms with Gasteiger partial charge in [-0.25, -0.2) is 4.90 Å². The van der Waals surface area contributed by atoms with Gasteiger partial charge in [0.25, 0.3) is 17.5 Å². The average molecular weight is 419 g/mol. The van der Waals surface area contributed by atoms with Crippen LogP contribution in [0.15, 0.2) is 54.2 Å². The second-order valence-electron chi connectivity index (χ2n) is 8.66. The van der Waals surface area contributed by atoms with Gasteiger partial charge in [-0.3, -0.25) is 19.7 Å². The number of nitro groups is 1. The van der Waals surface area contributed by atoms with Crippen molar-refractivity contribution in [3.63, 3.8) is 0 Å². The van der Waals surface area contributed by atoms with E-state index in [1.165, 1.54) is 17.0 Å². The Balaban J connectivity index is 1.83. The van der Waals surface area contributed by atoms with E-state index in [-0.39, 0.29) is 11.6 Å². The molecule has 7 nitrogen and oxygen atoms in total. The lowest BCUT2D eigenvalue weighted by Crippen LogP contribution is -2.42. The topological polar surface area (TPSA) is 83.8 Å². The van der Waals surface area contributed by atoms with Crippen LogP contribution < -0.4 is 4.90 Å². The summed E-state index contributed by atoms with van der Waals surface area (Å²) in [6.45, 7) is 7.59. The highest BCUT2D eigenvalue weighted by atomic mass is 16.6. The molecule has 160 valence electrons. The number of piperidine rings is 1. The Labute approximate surface area is 181 Å². The number of aryl methyl sites for hydroxylation is 1. The number of hydrogen-bond acceptors (Lipinski definition) is 5. The van der Waals surface area contributed by atoms with Gasteiger partial charge in [0.1, 0.15) is 5.70 Å². The summed E-state index contributed by atoms with van der Waals surface area (Å²) in [5.74, 6) is 0.0474. The van der Waals surface area contributed by atoms with Crippen molar-refractivity contribution in [1.82, 2.24) is 4.90 Å². The molecule has 2 aliphatic rings. The van der Waals surface area contributed by atoms with Crippen molar-refractivity contribution in [2.24, 2.45) is 11.8 Å². The third-order valence-electron chi connectivity index (χ3n) is 5.87. The van der Waals surface area contributed by atoms with E-state index < -0.39 is 10.8 Å². The monoisotopic (exact) mass is 419 g/mol. The van der Waals surface area contributed by atoms with Crippen molar-refractivity contribution in [3.8, 4) is 0 Å². The van der Waals surface area contributed by atoms with Gasteiger partial charge >= 0.3 is 0 Å². The van der Waals surface area contributed by atoms with Crippen LogP contribution in [0, 0.1) is 28.9 Å². The molecule has 2 atom stereocenters. The third-order valence-corrected chi connectivity index (χ3v) is 5.87. The first-order chi connectivity index (χ1) is 14.8. The third kappa shape index (κ3) is 3.83. The van der Waals surface area contributed by atoms with Crippen molar-refractivity contribution < 1.29 is 14.5 Å². The van der Waals surface area contributed by atoms with E-state index in [0.29, 0.717) is 47.4 Å². The van der Waals surface area contributed by atoms with Crippen molar-refractivity contribution in [2.75, 3.05) is 18.0 Å². The highest BCUT2D eigenvalue weighted by Crippen LogP contribution is 2.37. The van der Waals surface area contributed by atoms with Gasteiger partial charge < -0.3 is 4.90 Å². The lowest BCUT2D eigenvalue weighted by atomic mass is 9.91. The molecular weight excluding hydrogens is 394 g/mol. The minimum atomic E-state index is -0.478. The predicted molar refractivity (Wildman–Crippen MR) is 118 cm³/mol. The molecule has 0 N–H and O–H groups in total. The number of carbonyl (C=O) groups excluding carboxylic acids is 2. The largest absolute Gasteiger partial charge is 0.366 e. The lowest BCUT2D eigenvalue weighted by molar-refractivity contribution is -0.384. The minimum absolute atomic E-state index is 0.0570. The van der Waals surface area contributed by atoms with Crippen LogP contribution in [-0.4, -0.2) is 34.7 Å². The maximum absolute atomic E-state index is 13.6. The number of amides is 2. The molecule has 2 unspecified atom stereocenters. The molecule has 4 rings (SSSR count). The molecule has 0 aromatic heterocycles. The molecule has 2 aliphatic heterocycles. The first-order valence-electron chi connectivity index (χ1n) is 10.5. The molecule has 31 heavy (non-hydrogen) atoms. The van der Waals surface area contributed by atoms with Gasteiger partial charge in [-0.05, 0) is 60.6 Å². The molecule has 7 heteroatoms. The summed E-state index contributed by atoms with van der Waals surface area (Å²) < 4.78 is 0. The molecule has 2 aromatic rings. The van der Waals surface area contributed by atoms with Crippen LogP contribution in [-0.2, 0) is 9.59 Å². The Morgan fingerprint density at radius 1 is 0.968 bits per heavy atom. The van der Waals surface area contributed by atoms with Gasteiger partial charge in [0.05, 0.1) is 16.2 Å². The van der Waals surface area contributed by atoms with Crippen molar-refractivity contribution in [1.29, 1.82) is 0 Å². The summed E-state index contributed by atoms with van der Waals surface area (Å²) in [6.07, 6.45) is 1.07. The smallest absolute Gasteiger partial charge is 0.282 e. The number of non-ortho nitro benzene ring substituents is 1. The van der Waals surface area contributed by atoms with Crippen LogP contribution in [0.1, 0.15) is 31.4 Å². The molecule has 2 heterocycles. The maximum Gasteiger partial charge on any atom is 0.282 e. The Hall–Kier alpha value is -3.48. The van der Waals surface area contributed by atoms with E-state index in [4.69, 9.17) is 0 Å². The Morgan fingerprint density at radius 3 is 2.19 bits per heavy atom. The van der Waals surface area contributed by atoms with Gasteiger partial charge in [-0.2, -0.15) is 0 Å². The number of rotatable bonds is 4. The van der Waals surface area contributed by atoms with Crippen molar-refractivity contribution in [2.45, 2.75) is 27.2 Å². The maximum atomic E-state index is 13.6. The number of likely N-dealkylation sites (tertiary alicyclic amines) is 1. The summed E-state index contributed by atoms with van der Waals surface area (Å²) >= 11 is 0. The number of nitrogens with zero attached hydrogens (tertiary/aromatic N) is 3. The average Bonchev–Trinajstić information content (AvgIpc) is 2.97. The zero-order chi connectivity index (χ0) is 22.3. The molecule has 0 spiro atoms. The number of imide groups is 1. The van der Waals surface area contributed by atoms with Crippen molar-refractivity contribution >= 4 is 28.8 Å². The second kappa shape index (κ2) is 7.98. The minimum Gasteiger partial charge on any atom is -0.366 e. The fourth-order valence-electron chi connectivity index (χ4n) is 4.67. The molecule has 1 fully saturated rings. The van der Waals surface area contributed by atoms with Gasteiger partial charge in [0.2, 0.25) is 0 Å². The van der Waals surface area contributed by atoms with Crippen LogP contribution in [0.3, 0.4) is 0 Å². The van der Waals surface area contributed by atoms with Gasteiger partial charge in [0.15, 0.2) is 0 Å². The zero-order valence-electron chi connectivity index (χ0n) is 17.9. The van der Waals surface area contributed by atoms with E-state index in [0.717, 1.165) is 12.0 Å². The van der Waals surface area contributed by atoms with E-state index in [1.807, 2.05) is 30.0 Å². The van der Waals surface area contributed by atoms with Crippen LogP contribution in [0.4, 0.5) is 11.4 Å². The van der Waals surface area contributed by atoms with E-state index in [1.54, 1.807) is 18.2 Å². The Morgan fingerprint density at radius 2 is 1.61 bits per heavy atom. The van der Waals surface area contributed by atoms with Crippen LogP contribution in [0.2, 0.25) is 0 Å². The quantitative estimate of drug-likeness (QED) is 0.422. The standard InChI is InChI=1S/C24H25N3O4/c1-15-5-4-6-20(12-15)26-23(28)21(18-7-9-19(10-8-18)27(30)31)22(24(26)29)25-13-16(2)11-17(3)14-25/h4-10,12,16-17H,11,13-14H2,1-3H3. The van der Waals surface area contributed by atoms with E-state index >= 15 is 0 Å². The summed E-state index contributed by atoms with van der Waals surface area (Å²) in [5, 5.41) is 11.1. The predicted octanol–water partition coefficient (Wildman–Crippen LogP) is 4.17. The fourth-order valence-corrected chi connectivity index (χ4v) is 4.67. The fraction of sp³-hybridized carbons (Fsp3) is 0.333. The Bertz CT molecular complexity index is 1080. The molecule has 1 saturated heterocycles. The zero-order valence-corrected chi connectivity index (χ0v) is 17.9. The number of anilines is 1. The molecule has 0 bridgehead atoms. The number of carbonyl (C=O) groups is 2. The first kappa shape index (κ1) is 20.8. The molecule has 2 aromatic carbocycles. The second-order valence-corrected chi connectivity index (χ2v) is 8.66. The van der Waals surface area contributed by atoms with Gasteiger partial charge in [-0.1, -0.05) is 26.0 Å². The summed E-state index contributed by atoms with van der Waals surface area (Å²) in [5.41, 5.74) is 2.63. The molecule has 2 amide bonds. The van der Waals surface area contributed by atoms with Gasteiger partial charge in [0, 0.05) is 25.2 Å². The highest BCUT2D eigenvalue weighted by Gasteiger charge is 2.43. The highest BCUT2D eigenvalue weighted by molar-refractivity contribution is 6.45. The van der Waals surface area contributed by atoms with Crippen molar-refractivity contribution in [3.05, 3.63) is 75.5 Å². The van der Waals surface area contributed by atoms with Crippen LogP contribution >= 0.6 is 0 Å².